The Balaban J connectivity index is 1.73. The smallest absolute Gasteiger partial charge is 0.416 e. The van der Waals surface area contributed by atoms with Gasteiger partial charge in [0.15, 0.2) is 0 Å². The van der Waals surface area contributed by atoms with E-state index in [1.54, 1.807) is 0 Å². The standard InChI is InChI=1S/C30H32F3NO3/c1-18(2)21-10-13-27(36-5)26(16-21)25-12-11-23(30(31,32)33)15-22(25)17-34-20(4)14-28(37-29(34)35)24-9-7-6-8-19(24)3/h6-13,15-16,18,20,28H,14,17H2,1-5H3/t20-,28-/m0/s1. The number of hydrogen-bond donors (Lipinski definition) is 0. The van der Waals surface area contributed by atoms with Crippen molar-refractivity contribution in [1.82, 2.24) is 4.90 Å². The molecule has 196 valence electrons. The van der Waals surface area contributed by atoms with E-state index in [2.05, 4.69) is 13.8 Å². The van der Waals surface area contributed by atoms with E-state index in [1.165, 1.54) is 18.1 Å². The maximum Gasteiger partial charge on any atom is 0.416 e. The van der Waals surface area contributed by atoms with Crippen molar-refractivity contribution >= 4 is 6.09 Å². The zero-order valence-electron chi connectivity index (χ0n) is 21.7. The van der Waals surface area contributed by atoms with Gasteiger partial charge in [-0.05, 0) is 71.8 Å². The predicted octanol–water partition coefficient (Wildman–Crippen LogP) is 8.28. The minimum atomic E-state index is -4.51. The number of methoxy groups -OCH3 is 1. The van der Waals surface area contributed by atoms with Crippen LogP contribution in [0.1, 0.15) is 67.0 Å². The molecule has 7 heteroatoms. The molecule has 0 N–H and O–H groups in total. The molecule has 0 unspecified atom stereocenters. The topological polar surface area (TPSA) is 38.8 Å². The van der Waals surface area contributed by atoms with Gasteiger partial charge in [-0.3, -0.25) is 0 Å². The highest BCUT2D eigenvalue weighted by molar-refractivity contribution is 5.76. The van der Waals surface area contributed by atoms with E-state index in [0.717, 1.165) is 28.8 Å². The summed E-state index contributed by atoms with van der Waals surface area (Å²) in [5, 5.41) is 0. The van der Waals surface area contributed by atoms with E-state index in [1.807, 2.05) is 56.3 Å². The van der Waals surface area contributed by atoms with Crippen LogP contribution in [-0.4, -0.2) is 24.1 Å². The number of ether oxygens (including phenoxy) is 2. The van der Waals surface area contributed by atoms with Crippen molar-refractivity contribution < 1.29 is 27.4 Å². The molecule has 1 saturated heterocycles. The predicted molar refractivity (Wildman–Crippen MR) is 138 cm³/mol. The summed E-state index contributed by atoms with van der Waals surface area (Å²) in [6, 6.07) is 16.9. The number of amides is 1. The van der Waals surface area contributed by atoms with Crippen LogP contribution in [0.2, 0.25) is 0 Å². The van der Waals surface area contributed by atoms with E-state index < -0.39 is 23.9 Å². The molecule has 1 fully saturated rings. The number of cyclic esters (lactones) is 1. The van der Waals surface area contributed by atoms with E-state index in [4.69, 9.17) is 9.47 Å². The van der Waals surface area contributed by atoms with E-state index in [-0.39, 0.29) is 18.5 Å². The second-order valence-electron chi connectivity index (χ2n) is 9.93. The Bertz CT molecular complexity index is 1290. The first-order valence-electron chi connectivity index (χ1n) is 12.4. The molecule has 0 bridgehead atoms. The van der Waals surface area contributed by atoms with Crippen LogP contribution in [0.3, 0.4) is 0 Å². The number of carbonyl (C=O) groups is 1. The lowest BCUT2D eigenvalue weighted by molar-refractivity contribution is -0.137. The van der Waals surface area contributed by atoms with Crippen molar-refractivity contribution in [2.45, 2.75) is 64.9 Å². The first-order chi connectivity index (χ1) is 17.5. The molecule has 0 saturated carbocycles. The highest BCUT2D eigenvalue weighted by atomic mass is 19.4. The van der Waals surface area contributed by atoms with Crippen molar-refractivity contribution in [3.63, 3.8) is 0 Å². The second kappa shape index (κ2) is 10.5. The molecule has 1 heterocycles. The van der Waals surface area contributed by atoms with Gasteiger partial charge in [0, 0.05) is 24.6 Å². The Labute approximate surface area is 216 Å². The van der Waals surface area contributed by atoms with Gasteiger partial charge in [0.1, 0.15) is 11.9 Å². The lowest BCUT2D eigenvalue weighted by Gasteiger charge is -2.38. The Hall–Kier alpha value is -3.48. The zero-order chi connectivity index (χ0) is 26.9. The molecule has 0 aliphatic carbocycles. The van der Waals surface area contributed by atoms with Gasteiger partial charge in [0.2, 0.25) is 0 Å². The van der Waals surface area contributed by atoms with Crippen molar-refractivity contribution in [3.8, 4) is 16.9 Å². The summed E-state index contributed by atoms with van der Waals surface area (Å²) in [6.45, 7) is 7.95. The third-order valence-electron chi connectivity index (χ3n) is 7.05. The third kappa shape index (κ3) is 5.60. The molecule has 0 spiro atoms. The Morgan fingerprint density at radius 3 is 2.41 bits per heavy atom. The van der Waals surface area contributed by atoms with E-state index in [0.29, 0.717) is 28.9 Å². The highest BCUT2D eigenvalue weighted by Crippen LogP contribution is 2.40. The van der Waals surface area contributed by atoms with Crippen LogP contribution in [0, 0.1) is 6.92 Å². The molecular formula is C30H32F3NO3. The Morgan fingerprint density at radius 1 is 1.05 bits per heavy atom. The van der Waals surface area contributed by atoms with Crippen LogP contribution in [-0.2, 0) is 17.5 Å². The molecule has 4 rings (SSSR count). The fraction of sp³-hybridized carbons (Fsp3) is 0.367. The summed E-state index contributed by atoms with van der Waals surface area (Å²) in [6.07, 6.45) is -4.92. The Morgan fingerprint density at radius 2 is 1.78 bits per heavy atom. The number of carbonyl (C=O) groups excluding carboxylic acids is 1. The van der Waals surface area contributed by atoms with Crippen molar-refractivity contribution in [2.75, 3.05) is 7.11 Å². The molecule has 1 aliphatic heterocycles. The molecule has 3 aromatic rings. The van der Waals surface area contributed by atoms with E-state index in [9.17, 15) is 18.0 Å². The minimum Gasteiger partial charge on any atom is -0.496 e. The zero-order valence-corrected chi connectivity index (χ0v) is 21.7. The molecule has 1 amide bonds. The SMILES string of the molecule is COc1ccc(C(C)C)cc1-c1ccc(C(F)(F)F)cc1CN1C(=O)O[C@H](c2ccccc2C)C[C@@H]1C. The Kier molecular flexibility index (Phi) is 7.53. The lowest BCUT2D eigenvalue weighted by Crippen LogP contribution is -2.44. The normalized spacial score (nSPS) is 18.2. The number of alkyl halides is 3. The van der Waals surface area contributed by atoms with Gasteiger partial charge in [-0.1, -0.05) is 50.2 Å². The van der Waals surface area contributed by atoms with E-state index >= 15 is 0 Å². The third-order valence-corrected chi connectivity index (χ3v) is 7.05. The number of rotatable bonds is 6. The molecule has 2 atom stereocenters. The average Bonchev–Trinajstić information content (AvgIpc) is 2.85. The van der Waals surface area contributed by atoms with Crippen LogP contribution in [0.5, 0.6) is 5.75 Å². The average molecular weight is 512 g/mol. The summed E-state index contributed by atoms with van der Waals surface area (Å²) in [4.78, 5) is 14.7. The second-order valence-corrected chi connectivity index (χ2v) is 9.93. The molecule has 0 radical (unpaired) electrons. The highest BCUT2D eigenvalue weighted by Gasteiger charge is 2.36. The first kappa shape index (κ1) is 26.6. The van der Waals surface area contributed by atoms with Crippen LogP contribution in [0.25, 0.3) is 11.1 Å². The van der Waals surface area contributed by atoms with Crippen LogP contribution in [0.4, 0.5) is 18.0 Å². The fourth-order valence-corrected chi connectivity index (χ4v) is 4.86. The van der Waals surface area contributed by atoms with Gasteiger partial charge in [0.05, 0.1) is 12.7 Å². The summed E-state index contributed by atoms with van der Waals surface area (Å²) in [7, 11) is 1.54. The van der Waals surface area contributed by atoms with Gasteiger partial charge in [-0.25, -0.2) is 4.79 Å². The molecule has 3 aromatic carbocycles. The summed E-state index contributed by atoms with van der Waals surface area (Å²) >= 11 is 0. The lowest BCUT2D eigenvalue weighted by atomic mass is 9.92. The summed E-state index contributed by atoms with van der Waals surface area (Å²) < 4.78 is 52.4. The van der Waals surface area contributed by atoms with Gasteiger partial charge < -0.3 is 14.4 Å². The minimum absolute atomic E-state index is 0.0190. The molecule has 1 aliphatic rings. The van der Waals surface area contributed by atoms with Gasteiger partial charge in [0.25, 0.3) is 0 Å². The number of benzene rings is 3. The van der Waals surface area contributed by atoms with Gasteiger partial charge >= 0.3 is 12.3 Å². The van der Waals surface area contributed by atoms with Gasteiger partial charge in [-0.2, -0.15) is 13.2 Å². The van der Waals surface area contributed by atoms with Crippen molar-refractivity contribution in [3.05, 3.63) is 88.5 Å². The number of halogens is 3. The monoisotopic (exact) mass is 511 g/mol. The summed E-state index contributed by atoms with van der Waals surface area (Å²) in [5.41, 5.74) is 3.90. The largest absolute Gasteiger partial charge is 0.496 e. The van der Waals surface area contributed by atoms with Crippen LogP contribution in [0.15, 0.2) is 60.7 Å². The van der Waals surface area contributed by atoms with Crippen molar-refractivity contribution in [1.29, 1.82) is 0 Å². The molecule has 4 nitrogen and oxygen atoms in total. The van der Waals surface area contributed by atoms with Gasteiger partial charge in [-0.15, -0.1) is 0 Å². The maximum absolute atomic E-state index is 13.7. The maximum atomic E-state index is 13.7. The number of hydrogen-bond acceptors (Lipinski definition) is 3. The number of nitrogens with zero attached hydrogens (tertiary/aromatic N) is 1. The molecule has 0 aromatic heterocycles. The molecular weight excluding hydrogens is 479 g/mol. The summed E-state index contributed by atoms with van der Waals surface area (Å²) in [5.74, 6) is 0.775. The number of aryl methyl sites for hydroxylation is 1. The molecule has 37 heavy (non-hydrogen) atoms. The van der Waals surface area contributed by atoms with Crippen LogP contribution >= 0.6 is 0 Å². The first-order valence-corrected chi connectivity index (χ1v) is 12.4. The van der Waals surface area contributed by atoms with Crippen molar-refractivity contribution in [2.24, 2.45) is 0 Å². The fourth-order valence-electron chi connectivity index (χ4n) is 4.86. The van der Waals surface area contributed by atoms with Crippen LogP contribution < -0.4 is 4.74 Å². The quantitative estimate of drug-likeness (QED) is 0.334.